The van der Waals surface area contributed by atoms with E-state index in [4.69, 9.17) is 23.2 Å². The van der Waals surface area contributed by atoms with Gasteiger partial charge >= 0.3 is 0 Å². The molecule has 1 aromatic rings. The first-order valence-electron chi connectivity index (χ1n) is 3.61. The Morgan fingerprint density at radius 1 is 1.54 bits per heavy atom. The molecule has 0 amide bonds. The van der Waals surface area contributed by atoms with Gasteiger partial charge in [-0.2, -0.15) is 0 Å². The highest BCUT2D eigenvalue weighted by molar-refractivity contribution is 6.33. The van der Waals surface area contributed by atoms with E-state index in [-0.39, 0.29) is 16.7 Å². The Labute approximate surface area is 85.5 Å². The molecule has 0 saturated heterocycles. The largest absolute Gasteiger partial charge is 0.293 e. The Bertz CT molecular complexity index is 350. The first-order chi connectivity index (χ1) is 6.06. The molecule has 0 aliphatic rings. The van der Waals surface area contributed by atoms with Crippen molar-refractivity contribution in [3.63, 3.8) is 0 Å². The van der Waals surface area contributed by atoms with Crippen LogP contribution in [0.15, 0.2) is 12.1 Å². The number of Topliss-reactive ketones (excluding diaryl/α,β-unsaturated/α-hetero) is 1. The van der Waals surface area contributed by atoms with Gasteiger partial charge in [0.2, 0.25) is 0 Å². The summed E-state index contributed by atoms with van der Waals surface area (Å²) in [5, 5.41) is -0.0564. The molecule has 70 valence electrons. The monoisotopic (exact) mass is 220 g/mol. The zero-order valence-electron chi connectivity index (χ0n) is 6.90. The van der Waals surface area contributed by atoms with Gasteiger partial charge in [-0.3, -0.25) is 4.79 Å². The van der Waals surface area contributed by atoms with Crippen LogP contribution in [0.3, 0.4) is 0 Å². The molecule has 0 fully saturated rings. The van der Waals surface area contributed by atoms with Crippen LogP contribution in [0, 0.1) is 12.7 Å². The zero-order chi connectivity index (χ0) is 10.0. The predicted octanol–water partition coefficient (Wildman–Crippen LogP) is 3.21. The molecule has 0 N–H and O–H groups in total. The third-order valence-electron chi connectivity index (χ3n) is 1.69. The van der Waals surface area contributed by atoms with Gasteiger partial charge in [-0.1, -0.05) is 11.6 Å². The molecule has 1 rings (SSSR count). The number of carbonyl (C=O) groups is 1. The first kappa shape index (κ1) is 10.5. The van der Waals surface area contributed by atoms with Crippen LogP contribution in [0.5, 0.6) is 0 Å². The van der Waals surface area contributed by atoms with Gasteiger partial charge in [0.15, 0.2) is 5.78 Å². The number of ketones is 1. The molecule has 1 nitrogen and oxygen atoms in total. The number of hydrogen-bond donors (Lipinski definition) is 0. The van der Waals surface area contributed by atoms with Crippen molar-refractivity contribution in [2.45, 2.75) is 6.92 Å². The van der Waals surface area contributed by atoms with Crippen LogP contribution in [-0.2, 0) is 0 Å². The smallest absolute Gasteiger partial charge is 0.177 e. The van der Waals surface area contributed by atoms with Crippen LogP contribution >= 0.6 is 23.2 Å². The number of rotatable bonds is 2. The number of benzene rings is 1. The van der Waals surface area contributed by atoms with E-state index in [0.717, 1.165) is 0 Å². The molecule has 0 aliphatic carbocycles. The molecule has 0 saturated carbocycles. The highest BCUT2D eigenvalue weighted by atomic mass is 35.5. The molecule has 0 radical (unpaired) electrons. The van der Waals surface area contributed by atoms with Crippen molar-refractivity contribution < 1.29 is 9.18 Å². The topological polar surface area (TPSA) is 17.1 Å². The van der Waals surface area contributed by atoms with Crippen molar-refractivity contribution in [2.75, 3.05) is 5.88 Å². The summed E-state index contributed by atoms with van der Waals surface area (Å²) in [6.07, 6.45) is 0. The quantitative estimate of drug-likeness (QED) is 0.553. The minimum absolute atomic E-state index is 0.0564. The van der Waals surface area contributed by atoms with Crippen LogP contribution in [0.4, 0.5) is 4.39 Å². The average molecular weight is 221 g/mol. The Morgan fingerprint density at radius 2 is 2.15 bits per heavy atom. The lowest BCUT2D eigenvalue weighted by Gasteiger charge is -2.03. The molecule has 1 aromatic carbocycles. The van der Waals surface area contributed by atoms with E-state index >= 15 is 0 Å². The lowest BCUT2D eigenvalue weighted by molar-refractivity contribution is 0.102. The van der Waals surface area contributed by atoms with Crippen LogP contribution in [-0.4, -0.2) is 11.7 Å². The molecule has 0 bridgehead atoms. The second kappa shape index (κ2) is 4.07. The lowest BCUT2D eigenvalue weighted by atomic mass is 10.1. The first-order valence-corrected chi connectivity index (χ1v) is 4.52. The fourth-order valence-electron chi connectivity index (χ4n) is 1.02. The SMILES string of the molecule is Cc1cc(F)c(Cl)cc1C(=O)CCl. The van der Waals surface area contributed by atoms with E-state index in [9.17, 15) is 9.18 Å². The zero-order valence-corrected chi connectivity index (χ0v) is 8.42. The molecular formula is C9H7Cl2FO. The summed E-state index contributed by atoms with van der Waals surface area (Å²) in [5.74, 6) is -0.894. The van der Waals surface area contributed by atoms with E-state index in [0.29, 0.717) is 11.1 Å². The van der Waals surface area contributed by atoms with Gasteiger partial charge in [0.25, 0.3) is 0 Å². The normalized spacial score (nSPS) is 10.2. The maximum absolute atomic E-state index is 12.9. The van der Waals surface area contributed by atoms with E-state index in [1.54, 1.807) is 6.92 Å². The van der Waals surface area contributed by atoms with Gasteiger partial charge in [0.05, 0.1) is 10.9 Å². The van der Waals surface area contributed by atoms with Crippen molar-refractivity contribution in [1.29, 1.82) is 0 Å². The van der Waals surface area contributed by atoms with E-state index in [2.05, 4.69) is 0 Å². The van der Waals surface area contributed by atoms with Crippen LogP contribution in [0.1, 0.15) is 15.9 Å². The van der Waals surface area contributed by atoms with Gasteiger partial charge in [-0.25, -0.2) is 4.39 Å². The molecule has 4 heteroatoms. The lowest BCUT2D eigenvalue weighted by Crippen LogP contribution is -2.03. The maximum atomic E-state index is 12.9. The Balaban J connectivity index is 3.23. The number of aryl methyl sites for hydroxylation is 1. The standard InChI is InChI=1S/C9H7Cl2FO/c1-5-2-8(12)7(11)3-6(5)9(13)4-10/h2-3H,4H2,1H3. The van der Waals surface area contributed by atoms with Crippen molar-refractivity contribution in [3.8, 4) is 0 Å². The Kier molecular flexibility index (Phi) is 3.28. The predicted molar refractivity (Wildman–Crippen MR) is 51.2 cm³/mol. The molecule has 13 heavy (non-hydrogen) atoms. The summed E-state index contributed by atoms with van der Waals surface area (Å²) in [4.78, 5) is 11.2. The molecule has 0 aliphatic heterocycles. The van der Waals surface area contributed by atoms with Crippen LogP contribution in [0.25, 0.3) is 0 Å². The molecular weight excluding hydrogens is 214 g/mol. The van der Waals surface area contributed by atoms with E-state index in [1.165, 1.54) is 12.1 Å². The second-order valence-electron chi connectivity index (χ2n) is 2.64. The average Bonchev–Trinajstić information content (AvgIpc) is 2.10. The number of carbonyl (C=O) groups excluding carboxylic acids is 1. The highest BCUT2D eigenvalue weighted by Crippen LogP contribution is 2.20. The highest BCUT2D eigenvalue weighted by Gasteiger charge is 2.11. The molecule has 0 heterocycles. The van der Waals surface area contributed by atoms with Crippen molar-refractivity contribution in [3.05, 3.63) is 34.1 Å². The summed E-state index contributed by atoms with van der Waals surface area (Å²) < 4.78 is 12.9. The maximum Gasteiger partial charge on any atom is 0.177 e. The summed E-state index contributed by atoms with van der Waals surface area (Å²) in [5.41, 5.74) is 0.925. The second-order valence-corrected chi connectivity index (χ2v) is 3.31. The number of alkyl halides is 1. The van der Waals surface area contributed by atoms with Gasteiger partial charge in [0, 0.05) is 5.56 Å². The van der Waals surface area contributed by atoms with Crippen LogP contribution in [0.2, 0.25) is 5.02 Å². The summed E-state index contributed by atoms with van der Waals surface area (Å²) in [7, 11) is 0. The fourth-order valence-corrected chi connectivity index (χ4v) is 1.33. The van der Waals surface area contributed by atoms with Crippen LogP contribution < -0.4 is 0 Å². The van der Waals surface area contributed by atoms with Crippen molar-refractivity contribution in [2.24, 2.45) is 0 Å². The van der Waals surface area contributed by atoms with Gasteiger partial charge in [0.1, 0.15) is 5.82 Å². The van der Waals surface area contributed by atoms with Crippen molar-refractivity contribution >= 4 is 29.0 Å². The molecule has 0 atom stereocenters. The third kappa shape index (κ3) is 2.20. The number of hydrogen-bond acceptors (Lipinski definition) is 1. The Morgan fingerprint density at radius 3 is 2.69 bits per heavy atom. The van der Waals surface area contributed by atoms with E-state index in [1.807, 2.05) is 0 Å². The fraction of sp³-hybridized carbons (Fsp3) is 0.222. The Hall–Kier alpha value is -0.600. The van der Waals surface area contributed by atoms with Gasteiger partial charge < -0.3 is 0 Å². The summed E-state index contributed by atoms with van der Waals surface area (Å²) >= 11 is 10.9. The van der Waals surface area contributed by atoms with Gasteiger partial charge in [-0.15, -0.1) is 11.6 Å². The van der Waals surface area contributed by atoms with E-state index < -0.39 is 5.82 Å². The summed E-state index contributed by atoms with van der Waals surface area (Å²) in [6.45, 7) is 1.64. The number of halogens is 3. The minimum atomic E-state index is -0.523. The molecule has 0 aromatic heterocycles. The third-order valence-corrected chi connectivity index (χ3v) is 2.22. The van der Waals surface area contributed by atoms with Crippen molar-refractivity contribution in [1.82, 2.24) is 0 Å². The molecule has 0 unspecified atom stereocenters. The molecule has 0 spiro atoms. The van der Waals surface area contributed by atoms with Gasteiger partial charge in [-0.05, 0) is 24.6 Å². The minimum Gasteiger partial charge on any atom is -0.293 e. The summed E-state index contributed by atoms with van der Waals surface area (Å²) in [6, 6.07) is 2.53.